The molecule has 0 fully saturated rings. The Morgan fingerprint density at radius 3 is 2.31 bits per heavy atom. The molecular formula is C9H17F2NO. The van der Waals surface area contributed by atoms with Gasteiger partial charge < -0.3 is 5.32 Å². The van der Waals surface area contributed by atoms with Gasteiger partial charge in [0.05, 0.1) is 0 Å². The maximum absolute atomic E-state index is 13.1. The van der Waals surface area contributed by atoms with Gasteiger partial charge in [-0.2, -0.15) is 0 Å². The molecule has 0 bridgehead atoms. The van der Waals surface area contributed by atoms with Crippen molar-refractivity contribution < 1.29 is 13.6 Å². The van der Waals surface area contributed by atoms with E-state index in [9.17, 15) is 13.6 Å². The molecule has 0 aromatic heterocycles. The fourth-order valence-corrected chi connectivity index (χ4v) is 1.15. The van der Waals surface area contributed by atoms with Gasteiger partial charge in [0.2, 0.25) is 5.91 Å². The first-order chi connectivity index (χ1) is 5.94. The topological polar surface area (TPSA) is 29.1 Å². The van der Waals surface area contributed by atoms with Crippen molar-refractivity contribution in [2.75, 3.05) is 6.54 Å². The molecule has 1 atom stereocenters. The van der Waals surface area contributed by atoms with Crippen LogP contribution in [0.3, 0.4) is 0 Å². The summed E-state index contributed by atoms with van der Waals surface area (Å²) in [4.78, 5) is 10.5. The Hall–Kier alpha value is -0.670. The van der Waals surface area contributed by atoms with Gasteiger partial charge in [-0.05, 0) is 6.42 Å². The Morgan fingerprint density at radius 1 is 1.46 bits per heavy atom. The number of halogens is 2. The lowest BCUT2D eigenvalue weighted by atomic mass is 9.96. The fraction of sp³-hybridized carbons (Fsp3) is 0.889. The minimum absolute atomic E-state index is 0.0622. The summed E-state index contributed by atoms with van der Waals surface area (Å²) in [6.45, 7) is 4.55. The van der Waals surface area contributed by atoms with Gasteiger partial charge in [0.25, 0.3) is 5.92 Å². The van der Waals surface area contributed by atoms with Crippen LogP contribution in [0.25, 0.3) is 0 Å². The van der Waals surface area contributed by atoms with Crippen molar-refractivity contribution >= 4 is 5.91 Å². The third-order valence-electron chi connectivity index (χ3n) is 2.16. The molecule has 0 spiro atoms. The van der Waals surface area contributed by atoms with E-state index in [2.05, 4.69) is 5.32 Å². The van der Waals surface area contributed by atoms with Crippen molar-refractivity contribution in [1.29, 1.82) is 0 Å². The molecule has 0 saturated carbocycles. The molecule has 0 heterocycles. The van der Waals surface area contributed by atoms with Gasteiger partial charge >= 0.3 is 0 Å². The van der Waals surface area contributed by atoms with Crippen LogP contribution in [0.15, 0.2) is 0 Å². The third-order valence-corrected chi connectivity index (χ3v) is 2.16. The molecule has 0 radical (unpaired) electrons. The van der Waals surface area contributed by atoms with Crippen LogP contribution in [0.1, 0.15) is 33.6 Å². The molecule has 1 N–H and O–H groups in total. The van der Waals surface area contributed by atoms with Crippen molar-refractivity contribution in [3.05, 3.63) is 0 Å². The van der Waals surface area contributed by atoms with Crippen LogP contribution in [-0.4, -0.2) is 18.4 Å². The zero-order valence-electron chi connectivity index (χ0n) is 8.36. The highest BCUT2D eigenvalue weighted by Gasteiger charge is 2.35. The Morgan fingerprint density at radius 2 is 2.00 bits per heavy atom. The predicted octanol–water partition coefficient (Wildman–Crippen LogP) is 2.19. The minimum atomic E-state index is -2.67. The molecule has 0 aliphatic heterocycles. The van der Waals surface area contributed by atoms with Gasteiger partial charge in [-0.1, -0.05) is 13.8 Å². The van der Waals surface area contributed by atoms with E-state index in [4.69, 9.17) is 0 Å². The molecule has 0 aromatic rings. The molecule has 0 saturated heterocycles. The molecule has 0 aliphatic carbocycles. The number of alkyl halides is 2. The lowest BCUT2D eigenvalue weighted by Gasteiger charge is -2.24. The van der Waals surface area contributed by atoms with Gasteiger partial charge in [0.1, 0.15) is 0 Å². The van der Waals surface area contributed by atoms with Gasteiger partial charge in [-0.25, -0.2) is 8.78 Å². The first-order valence-corrected chi connectivity index (χ1v) is 4.56. The van der Waals surface area contributed by atoms with Crippen LogP contribution < -0.4 is 5.32 Å². The number of carbonyl (C=O) groups excluding carboxylic acids is 1. The fourth-order valence-electron chi connectivity index (χ4n) is 1.15. The Labute approximate surface area is 77.7 Å². The molecule has 4 heteroatoms. The van der Waals surface area contributed by atoms with Gasteiger partial charge in [0.15, 0.2) is 0 Å². The van der Waals surface area contributed by atoms with E-state index < -0.39 is 11.8 Å². The van der Waals surface area contributed by atoms with Crippen molar-refractivity contribution in [2.45, 2.75) is 39.5 Å². The second-order valence-corrected chi connectivity index (χ2v) is 3.16. The summed E-state index contributed by atoms with van der Waals surface area (Å²) in [7, 11) is 0. The molecule has 2 nitrogen and oxygen atoms in total. The third kappa shape index (κ3) is 4.20. The van der Waals surface area contributed by atoms with Crippen molar-refractivity contribution in [3.63, 3.8) is 0 Å². The number of hydrogen-bond acceptors (Lipinski definition) is 1. The molecule has 1 unspecified atom stereocenters. The van der Waals surface area contributed by atoms with E-state index >= 15 is 0 Å². The predicted molar refractivity (Wildman–Crippen MR) is 47.7 cm³/mol. The Bertz CT molecular complexity index is 171. The summed E-state index contributed by atoms with van der Waals surface area (Å²) in [5, 5.41) is 2.42. The molecule has 0 aliphatic rings. The second kappa shape index (κ2) is 5.14. The maximum atomic E-state index is 13.1. The summed E-state index contributed by atoms with van der Waals surface area (Å²) >= 11 is 0. The molecule has 0 aromatic carbocycles. The number of amides is 1. The number of nitrogens with one attached hydrogen (secondary N) is 1. The van der Waals surface area contributed by atoms with E-state index in [-0.39, 0.29) is 18.9 Å². The maximum Gasteiger partial charge on any atom is 0.252 e. The summed E-state index contributed by atoms with van der Waals surface area (Å²) in [6.07, 6.45) is 0.201. The SMILES string of the molecule is CCC(CNC(C)=O)C(F)(F)CC. The van der Waals surface area contributed by atoms with Crippen molar-refractivity contribution in [3.8, 4) is 0 Å². The number of rotatable bonds is 5. The smallest absolute Gasteiger partial charge is 0.252 e. The summed E-state index contributed by atoms with van der Waals surface area (Å²) in [6, 6.07) is 0. The highest BCUT2D eigenvalue weighted by molar-refractivity contribution is 5.72. The molecule has 13 heavy (non-hydrogen) atoms. The van der Waals surface area contributed by atoms with Gasteiger partial charge in [-0.15, -0.1) is 0 Å². The number of hydrogen-bond donors (Lipinski definition) is 1. The monoisotopic (exact) mass is 193 g/mol. The van der Waals surface area contributed by atoms with Crippen LogP contribution in [-0.2, 0) is 4.79 Å². The highest BCUT2D eigenvalue weighted by Crippen LogP contribution is 2.29. The van der Waals surface area contributed by atoms with Crippen LogP contribution in [0, 0.1) is 5.92 Å². The first kappa shape index (κ1) is 12.3. The zero-order chi connectivity index (χ0) is 10.5. The molecule has 78 valence electrons. The van der Waals surface area contributed by atoms with E-state index in [1.165, 1.54) is 13.8 Å². The molecule has 0 rings (SSSR count). The van der Waals surface area contributed by atoms with Crippen molar-refractivity contribution in [1.82, 2.24) is 5.32 Å². The van der Waals surface area contributed by atoms with E-state index in [0.717, 1.165) is 0 Å². The highest BCUT2D eigenvalue weighted by atomic mass is 19.3. The lowest BCUT2D eigenvalue weighted by molar-refractivity contribution is -0.120. The Kier molecular flexibility index (Phi) is 4.88. The lowest BCUT2D eigenvalue weighted by Crippen LogP contribution is -2.37. The normalized spacial score (nSPS) is 13.9. The van der Waals surface area contributed by atoms with Crippen LogP contribution in [0.2, 0.25) is 0 Å². The minimum Gasteiger partial charge on any atom is -0.356 e. The summed E-state index contributed by atoms with van der Waals surface area (Å²) in [5.74, 6) is -3.68. The van der Waals surface area contributed by atoms with Crippen LogP contribution >= 0.6 is 0 Å². The average molecular weight is 193 g/mol. The zero-order valence-corrected chi connectivity index (χ0v) is 8.36. The quantitative estimate of drug-likeness (QED) is 0.712. The van der Waals surface area contributed by atoms with Gasteiger partial charge in [-0.3, -0.25) is 4.79 Å². The first-order valence-electron chi connectivity index (χ1n) is 4.56. The van der Waals surface area contributed by atoms with E-state index in [0.29, 0.717) is 6.42 Å². The summed E-state index contributed by atoms with van der Waals surface area (Å²) in [5.41, 5.74) is 0. The van der Waals surface area contributed by atoms with E-state index in [1.54, 1.807) is 6.92 Å². The average Bonchev–Trinajstić information content (AvgIpc) is 2.04. The van der Waals surface area contributed by atoms with Crippen LogP contribution in [0.5, 0.6) is 0 Å². The van der Waals surface area contributed by atoms with Gasteiger partial charge in [0, 0.05) is 25.8 Å². The Balaban J connectivity index is 4.09. The second-order valence-electron chi connectivity index (χ2n) is 3.16. The molecule has 1 amide bonds. The van der Waals surface area contributed by atoms with Crippen LogP contribution in [0.4, 0.5) is 8.78 Å². The molecular weight excluding hydrogens is 176 g/mol. The van der Waals surface area contributed by atoms with E-state index in [1.807, 2.05) is 0 Å². The largest absolute Gasteiger partial charge is 0.356 e. The number of carbonyl (C=O) groups is 1. The standard InChI is InChI=1S/C9H17F2NO/c1-4-8(6-12-7(3)13)9(10,11)5-2/h8H,4-6H2,1-3H3,(H,12,13). The summed E-state index contributed by atoms with van der Waals surface area (Å²) < 4.78 is 26.2. The van der Waals surface area contributed by atoms with Crippen molar-refractivity contribution in [2.24, 2.45) is 5.92 Å².